The van der Waals surface area contributed by atoms with Crippen molar-refractivity contribution in [1.82, 2.24) is 0 Å². The summed E-state index contributed by atoms with van der Waals surface area (Å²) in [5.74, 6) is -0.329. The van der Waals surface area contributed by atoms with Crippen molar-refractivity contribution < 1.29 is 9.53 Å². The van der Waals surface area contributed by atoms with Gasteiger partial charge in [0.15, 0.2) is 0 Å². The van der Waals surface area contributed by atoms with Crippen molar-refractivity contribution in [2.24, 2.45) is 0 Å². The Kier molecular flexibility index (Phi) is 4.50. The second-order valence-electron chi connectivity index (χ2n) is 3.80. The number of hydrogen-bond donors (Lipinski definition) is 1. The van der Waals surface area contributed by atoms with E-state index in [2.05, 4.69) is 20.7 Å². The molecule has 0 saturated carbocycles. The highest BCUT2D eigenvalue weighted by Gasteiger charge is 2.05. The standard InChI is InChI=1S/C14H12BrNO2S/c1-18-14(17)9-2-4-10(5-3-9)19-11-6-7-12(15)13(16)8-11/h2-8H,16H2,1H3. The number of carbonyl (C=O) groups excluding carboxylic acids is 1. The molecule has 0 saturated heterocycles. The van der Waals surface area contributed by atoms with Gasteiger partial charge in [-0.1, -0.05) is 11.8 Å². The molecule has 2 rings (SSSR count). The third-order valence-electron chi connectivity index (χ3n) is 2.48. The van der Waals surface area contributed by atoms with Crippen LogP contribution in [0.4, 0.5) is 5.69 Å². The minimum atomic E-state index is -0.329. The summed E-state index contributed by atoms with van der Waals surface area (Å²) < 4.78 is 5.54. The van der Waals surface area contributed by atoms with Gasteiger partial charge < -0.3 is 10.5 Å². The van der Waals surface area contributed by atoms with Crippen molar-refractivity contribution in [3.8, 4) is 0 Å². The number of halogens is 1. The summed E-state index contributed by atoms with van der Waals surface area (Å²) in [5.41, 5.74) is 7.08. The molecule has 0 aliphatic rings. The summed E-state index contributed by atoms with van der Waals surface area (Å²) in [5, 5.41) is 0. The van der Waals surface area contributed by atoms with E-state index in [1.165, 1.54) is 7.11 Å². The van der Waals surface area contributed by atoms with E-state index in [4.69, 9.17) is 5.73 Å². The third-order valence-corrected chi connectivity index (χ3v) is 4.20. The van der Waals surface area contributed by atoms with Gasteiger partial charge in [-0.05, 0) is 58.4 Å². The van der Waals surface area contributed by atoms with E-state index >= 15 is 0 Å². The van der Waals surface area contributed by atoms with Crippen molar-refractivity contribution in [3.05, 3.63) is 52.5 Å². The Labute approximate surface area is 124 Å². The highest BCUT2D eigenvalue weighted by Crippen LogP contribution is 2.31. The van der Waals surface area contributed by atoms with Gasteiger partial charge in [0.25, 0.3) is 0 Å². The molecule has 19 heavy (non-hydrogen) atoms. The van der Waals surface area contributed by atoms with Crippen LogP contribution >= 0.6 is 27.7 Å². The summed E-state index contributed by atoms with van der Waals surface area (Å²) in [7, 11) is 1.37. The first-order valence-corrected chi connectivity index (χ1v) is 7.12. The Bertz CT molecular complexity index is 599. The molecule has 98 valence electrons. The van der Waals surface area contributed by atoms with Crippen molar-refractivity contribution >= 4 is 39.3 Å². The molecule has 0 spiro atoms. The van der Waals surface area contributed by atoms with Gasteiger partial charge in [0.05, 0.1) is 12.7 Å². The second-order valence-corrected chi connectivity index (χ2v) is 5.80. The smallest absolute Gasteiger partial charge is 0.337 e. The molecule has 0 bridgehead atoms. The van der Waals surface area contributed by atoms with E-state index < -0.39 is 0 Å². The lowest BCUT2D eigenvalue weighted by atomic mass is 10.2. The van der Waals surface area contributed by atoms with Crippen molar-refractivity contribution in [2.75, 3.05) is 12.8 Å². The number of nitrogen functional groups attached to an aromatic ring is 1. The lowest BCUT2D eigenvalue weighted by molar-refractivity contribution is 0.0600. The first kappa shape index (κ1) is 14.0. The first-order valence-electron chi connectivity index (χ1n) is 5.51. The molecule has 2 aromatic carbocycles. The fraction of sp³-hybridized carbons (Fsp3) is 0.0714. The summed E-state index contributed by atoms with van der Waals surface area (Å²) in [6.07, 6.45) is 0. The van der Waals surface area contributed by atoms with Gasteiger partial charge in [0, 0.05) is 20.0 Å². The number of esters is 1. The molecule has 3 nitrogen and oxygen atoms in total. The molecule has 0 aromatic heterocycles. The van der Waals surface area contributed by atoms with Crippen LogP contribution in [-0.2, 0) is 4.74 Å². The quantitative estimate of drug-likeness (QED) is 0.680. The average Bonchev–Trinajstić information content (AvgIpc) is 2.43. The summed E-state index contributed by atoms with van der Waals surface area (Å²) in [6, 6.07) is 13.1. The number of carbonyl (C=O) groups is 1. The van der Waals surface area contributed by atoms with Crippen molar-refractivity contribution in [1.29, 1.82) is 0 Å². The molecule has 0 aliphatic carbocycles. The Balaban J connectivity index is 2.15. The van der Waals surface area contributed by atoms with Gasteiger partial charge in [-0.25, -0.2) is 4.79 Å². The van der Waals surface area contributed by atoms with Gasteiger partial charge in [-0.2, -0.15) is 0 Å². The van der Waals surface area contributed by atoms with Crippen molar-refractivity contribution in [3.63, 3.8) is 0 Å². The number of nitrogens with two attached hydrogens (primary N) is 1. The van der Waals surface area contributed by atoms with Gasteiger partial charge in [-0.3, -0.25) is 0 Å². The topological polar surface area (TPSA) is 52.3 Å². The molecule has 0 aliphatic heterocycles. The zero-order valence-corrected chi connectivity index (χ0v) is 12.6. The fourth-order valence-electron chi connectivity index (χ4n) is 1.50. The van der Waals surface area contributed by atoms with E-state index in [-0.39, 0.29) is 5.97 Å². The van der Waals surface area contributed by atoms with Crippen LogP contribution in [0.2, 0.25) is 0 Å². The highest BCUT2D eigenvalue weighted by atomic mass is 79.9. The molecule has 0 heterocycles. The Morgan fingerprint density at radius 2 is 1.79 bits per heavy atom. The van der Waals surface area contributed by atoms with E-state index in [0.29, 0.717) is 11.3 Å². The predicted molar refractivity (Wildman–Crippen MR) is 80.5 cm³/mol. The average molecular weight is 338 g/mol. The summed E-state index contributed by atoms with van der Waals surface area (Å²) >= 11 is 4.95. The number of hydrogen-bond acceptors (Lipinski definition) is 4. The number of anilines is 1. The Hall–Kier alpha value is -1.46. The van der Waals surface area contributed by atoms with Gasteiger partial charge >= 0.3 is 5.97 Å². The third kappa shape index (κ3) is 3.52. The zero-order chi connectivity index (χ0) is 13.8. The van der Waals surface area contributed by atoms with Gasteiger partial charge in [0.2, 0.25) is 0 Å². The minimum absolute atomic E-state index is 0.329. The Morgan fingerprint density at radius 3 is 2.37 bits per heavy atom. The van der Waals surface area contributed by atoms with E-state index in [1.54, 1.807) is 23.9 Å². The van der Waals surface area contributed by atoms with Crippen molar-refractivity contribution in [2.45, 2.75) is 9.79 Å². The number of benzene rings is 2. The number of rotatable bonds is 3. The molecule has 0 unspecified atom stereocenters. The molecule has 2 aromatic rings. The number of methoxy groups -OCH3 is 1. The van der Waals surface area contributed by atoms with Crippen LogP contribution in [0.1, 0.15) is 10.4 Å². The van der Waals surface area contributed by atoms with Crippen LogP contribution < -0.4 is 5.73 Å². The fourth-order valence-corrected chi connectivity index (χ4v) is 2.61. The molecule has 2 N–H and O–H groups in total. The first-order chi connectivity index (χ1) is 9.10. The van der Waals surface area contributed by atoms with Gasteiger partial charge in [0.1, 0.15) is 0 Å². The lowest BCUT2D eigenvalue weighted by Gasteiger charge is -2.05. The van der Waals surface area contributed by atoms with E-state index in [1.807, 2.05) is 30.3 Å². The molecule has 0 amide bonds. The molecule has 0 fully saturated rings. The van der Waals surface area contributed by atoms with E-state index in [9.17, 15) is 4.79 Å². The second kappa shape index (κ2) is 6.12. The monoisotopic (exact) mass is 337 g/mol. The maximum Gasteiger partial charge on any atom is 0.337 e. The molecular weight excluding hydrogens is 326 g/mol. The highest BCUT2D eigenvalue weighted by molar-refractivity contribution is 9.10. The zero-order valence-electron chi connectivity index (χ0n) is 10.2. The van der Waals surface area contributed by atoms with Crippen LogP contribution in [0.25, 0.3) is 0 Å². The molecule has 0 radical (unpaired) electrons. The van der Waals surface area contributed by atoms with Crippen LogP contribution in [0.3, 0.4) is 0 Å². The Morgan fingerprint density at radius 1 is 1.16 bits per heavy atom. The van der Waals surface area contributed by atoms with Crippen LogP contribution in [-0.4, -0.2) is 13.1 Å². The molecule has 5 heteroatoms. The maximum absolute atomic E-state index is 11.3. The largest absolute Gasteiger partial charge is 0.465 e. The summed E-state index contributed by atoms with van der Waals surface area (Å²) in [6.45, 7) is 0. The van der Waals surface area contributed by atoms with Crippen LogP contribution in [0.5, 0.6) is 0 Å². The maximum atomic E-state index is 11.3. The SMILES string of the molecule is COC(=O)c1ccc(Sc2ccc(Br)c(N)c2)cc1. The molecular formula is C14H12BrNO2S. The lowest BCUT2D eigenvalue weighted by Crippen LogP contribution is -2.00. The number of ether oxygens (including phenoxy) is 1. The minimum Gasteiger partial charge on any atom is -0.465 e. The summed E-state index contributed by atoms with van der Waals surface area (Å²) in [4.78, 5) is 13.4. The molecule has 0 atom stereocenters. The van der Waals surface area contributed by atoms with Gasteiger partial charge in [-0.15, -0.1) is 0 Å². The van der Waals surface area contributed by atoms with E-state index in [0.717, 1.165) is 14.3 Å². The van der Waals surface area contributed by atoms with Crippen LogP contribution in [0, 0.1) is 0 Å². The van der Waals surface area contributed by atoms with Crippen LogP contribution in [0.15, 0.2) is 56.7 Å². The predicted octanol–water partition coefficient (Wildman–Crippen LogP) is 3.97. The normalized spacial score (nSPS) is 10.2.